The van der Waals surface area contributed by atoms with Crippen LogP contribution < -0.4 is 4.74 Å². The first-order chi connectivity index (χ1) is 16.8. The van der Waals surface area contributed by atoms with Gasteiger partial charge in [-0.05, 0) is 49.2 Å². The molecule has 186 valence electrons. The zero-order valence-corrected chi connectivity index (χ0v) is 21.3. The van der Waals surface area contributed by atoms with Gasteiger partial charge >= 0.3 is 6.03 Å². The molecule has 3 amide bonds. The number of carbonyl (C=O) groups excluding carboxylic acids is 2. The number of aromatic nitrogens is 1. The maximum atomic E-state index is 13.6. The summed E-state index contributed by atoms with van der Waals surface area (Å²) >= 11 is 0. The van der Waals surface area contributed by atoms with Crippen LogP contribution in [0.4, 0.5) is 4.79 Å². The fraction of sp³-hybridized carbons (Fsp3) is 0.357. The van der Waals surface area contributed by atoms with Gasteiger partial charge in [0.15, 0.2) is 0 Å². The molecular weight excluding hydrogens is 440 g/mol. The Bertz CT molecular complexity index is 1110. The summed E-state index contributed by atoms with van der Waals surface area (Å²) in [5.74, 6) is 0.725. The van der Waals surface area contributed by atoms with E-state index in [1.807, 2.05) is 85.6 Å². The van der Waals surface area contributed by atoms with Gasteiger partial charge < -0.3 is 24.0 Å². The molecule has 0 radical (unpaired) electrons. The monoisotopic (exact) mass is 476 g/mol. The van der Waals surface area contributed by atoms with E-state index in [1.165, 1.54) is 4.90 Å². The Morgan fingerprint density at radius 3 is 2.29 bits per heavy atom. The first-order valence-electron chi connectivity index (χ1n) is 11.8. The molecule has 35 heavy (non-hydrogen) atoms. The number of methoxy groups -OCH3 is 1. The van der Waals surface area contributed by atoms with Crippen molar-refractivity contribution in [2.75, 3.05) is 27.7 Å². The Hall–Kier alpha value is -3.74. The lowest BCUT2D eigenvalue weighted by atomic mass is 10.2. The van der Waals surface area contributed by atoms with E-state index in [1.54, 1.807) is 26.1 Å². The van der Waals surface area contributed by atoms with Gasteiger partial charge in [-0.25, -0.2) is 4.79 Å². The highest BCUT2D eigenvalue weighted by molar-refractivity contribution is 5.84. The van der Waals surface area contributed by atoms with Crippen LogP contribution in [0.5, 0.6) is 5.75 Å². The van der Waals surface area contributed by atoms with Gasteiger partial charge in [-0.2, -0.15) is 0 Å². The Morgan fingerprint density at radius 1 is 0.914 bits per heavy atom. The second-order valence-corrected chi connectivity index (χ2v) is 9.11. The normalized spacial score (nSPS) is 10.8. The lowest BCUT2D eigenvalue weighted by Crippen LogP contribution is -2.49. The van der Waals surface area contributed by atoms with Crippen LogP contribution in [0.2, 0.25) is 0 Å². The molecular formula is C28H36N4O3. The molecule has 2 aromatic carbocycles. The molecule has 0 aliphatic rings. The first kappa shape index (κ1) is 25.9. The van der Waals surface area contributed by atoms with Crippen molar-refractivity contribution in [3.8, 4) is 5.75 Å². The van der Waals surface area contributed by atoms with Gasteiger partial charge in [-0.1, -0.05) is 42.5 Å². The quantitative estimate of drug-likeness (QED) is 0.434. The molecule has 0 fully saturated rings. The van der Waals surface area contributed by atoms with Gasteiger partial charge in [0.05, 0.1) is 13.7 Å². The largest absolute Gasteiger partial charge is 0.497 e. The number of urea groups is 1. The molecule has 1 heterocycles. The summed E-state index contributed by atoms with van der Waals surface area (Å²) in [5, 5.41) is 0. The zero-order valence-electron chi connectivity index (χ0n) is 21.3. The van der Waals surface area contributed by atoms with Gasteiger partial charge in [-0.15, -0.1) is 0 Å². The molecule has 3 rings (SSSR count). The van der Waals surface area contributed by atoms with Crippen LogP contribution in [0.3, 0.4) is 0 Å². The van der Waals surface area contributed by atoms with Crippen molar-refractivity contribution in [1.29, 1.82) is 0 Å². The van der Waals surface area contributed by atoms with Crippen molar-refractivity contribution in [2.24, 2.45) is 0 Å². The third-order valence-corrected chi connectivity index (χ3v) is 5.89. The third-order valence-electron chi connectivity index (χ3n) is 5.89. The second-order valence-electron chi connectivity index (χ2n) is 9.11. The predicted octanol–water partition coefficient (Wildman–Crippen LogP) is 4.47. The minimum absolute atomic E-state index is 0.0259. The maximum Gasteiger partial charge on any atom is 0.320 e. The van der Waals surface area contributed by atoms with Crippen molar-refractivity contribution in [1.82, 2.24) is 19.3 Å². The molecule has 0 saturated carbocycles. The van der Waals surface area contributed by atoms with Crippen LogP contribution in [0, 0.1) is 0 Å². The molecule has 0 saturated heterocycles. The van der Waals surface area contributed by atoms with E-state index in [0.29, 0.717) is 19.6 Å². The molecule has 0 aliphatic carbocycles. The highest BCUT2D eigenvalue weighted by Gasteiger charge is 2.25. The van der Waals surface area contributed by atoms with E-state index in [0.717, 1.165) is 22.6 Å². The van der Waals surface area contributed by atoms with Crippen LogP contribution in [0.25, 0.3) is 0 Å². The number of benzene rings is 2. The van der Waals surface area contributed by atoms with Crippen molar-refractivity contribution < 1.29 is 14.3 Å². The van der Waals surface area contributed by atoms with Crippen molar-refractivity contribution in [2.45, 2.75) is 39.5 Å². The smallest absolute Gasteiger partial charge is 0.320 e. The number of hydrogen-bond acceptors (Lipinski definition) is 3. The molecule has 0 unspecified atom stereocenters. The standard InChI is InChI=1S/C28H36N4O3/c1-22(2)32(28(34)29(3)4)21-27(33)31(18-23-11-7-6-8-12-23)20-25-14-10-16-30(25)19-24-13-9-15-26(17-24)35-5/h6-17,22H,18-21H2,1-5H3. The molecule has 0 spiro atoms. The average Bonchev–Trinajstić information content (AvgIpc) is 3.28. The lowest BCUT2D eigenvalue weighted by Gasteiger charge is -2.32. The summed E-state index contributed by atoms with van der Waals surface area (Å²) in [5.41, 5.74) is 3.18. The Labute approximate surface area is 208 Å². The maximum absolute atomic E-state index is 13.6. The molecule has 7 nitrogen and oxygen atoms in total. The minimum atomic E-state index is -0.172. The third kappa shape index (κ3) is 7.12. The molecule has 1 aromatic heterocycles. The summed E-state index contributed by atoms with van der Waals surface area (Å²) in [4.78, 5) is 31.2. The summed E-state index contributed by atoms with van der Waals surface area (Å²) < 4.78 is 7.51. The van der Waals surface area contributed by atoms with Crippen LogP contribution in [0.15, 0.2) is 72.9 Å². The van der Waals surface area contributed by atoms with Crippen LogP contribution in [0.1, 0.15) is 30.7 Å². The Morgan fingerprint density at radius 2 is 1.63 bits per heavy atom. The number of hydrogen-bond donors (Lipinski definition) is 0. The number of carbonyl (C=O) groups is 2. The van der Waals surface area contributed by atoms with Crippen LogP contribution >= 0.6 is 0 Å². The fourth-order valence-corrected chi connectivity index (χ4v) is 3.92. The number of amides is 3. The first-order valence-corrected chi connectivity index (χ1v) is 11.8. The van der Waals surface area contributed by atoms with Gasteiger partial charge in [0, 0.05) is 45.1 Å². The SMILES string of the molecule is COc1cccc(Cn2cccc2CN(Cc2ccccc2)C(=O)CN(C(=O)N(C)C)C(C)C)c1. The molecule has 0 aliphatic heterocycles. The van der Waals surface area contributed by atoms with E-state index in [-0.39, 0.29) is 24.5 Å². The van der Waals surface area contributed by atoms with E-state index in [2.05, 4.69) is 10.6 Å². The summed E-state index contributed by atoms with van der Waals surface area (Å²) in [6, 6.07) is 21.7. The summed E-state index contributed by atoms with van der Waals surface area (Å²) in [7, 11) is 5.07. The highest BCUT2D eigenvalue weighted by atomic mass is 16.5. The van der Waals surface area contributed by atoms with Crippen molar-refractivity contribution in [3.63, 3.8) is 0 Å². The molecule has 3 aromatic rings. The predicted molar refractivity (Wildman–Crippen MR) is 138 cm³/mol. The second kappa shape index (κ2) is 12.1. The van der Waals surface area contributed by atoms with E-state index >= 15 is 0 Å². The Balaban J connectivity index is 1.83. The van der Waals surface area contributed by atoms with E-state index in [4.69, 9.17) is 4.74 Å². The lowest BCUT2D eigenvalue weighted by molar-refractivity contribution is -0.133. The van der Waals surface area contributed by atoms with Gasteiger partial charge in [0.25, 0.3) is 0 Å². The van der Waals surface area contributed by atoms with Gasteiger partial charge in [0.2, 0.25) is 5.91 Å². The van der Waals surface area contributed by atoms with Gasteiger partial charge in [0.1, 0.15) is 12.3 Å². The van der Waals surface area contributed by atoms with Gasteiger partial charge in [-0.3, -0.25) is 4.79 Å². The minimum Gasteiger partial charge on any atom is -0.497 e. The van der Waals surface area contributed by atoms with Crippen molar-refractivity contribution >= 4 is 11.9 Å². The summed E-state index contributed by atoms with van der Waals surface area (Å²) in [6.07, 6.45) is 2.02. The number of ether oxygens (including phenoxy) is 1. The van der Waals surface area contributed by atoms with Crippen molar-refractivity contribution in [3.05, 3.63) is 89.7 Å². The number of nitrogens with zero attached hydrogens (tertiary/aromatic N) is 4. The van der Waals surface area contributed by atoms with E-state index < -0.39 is 0 Å². The van der Waals surface area contributed by atoms with Crippen LogP contribution in [-0.4, -0.2) is 65.0 Å². The highest BCUT2D eigenvalue weighted by Crippen LogP contribution is 2.17. The molecule has 0 atom stereocenters. The van der Waals surface area contributed by atoms with E-state index in [9.17, 15) is 9.59 Å². The molecule has 7 heteroatoms. The van der Waals surface area contributed by atoms with Crippen LogP contribution in [-0.2, 0) is 24.4 Å². The zero-order chi connectivity index (χ0) is 25.4. The topological polar surface area (TPSA) is 58.0 Å². The molecule has 0 bridgehead atoms. The summed E-state index contributed by atoms with van der Waals surface area (Å²) in [6.45, 7) is 5.45. The Kier molecular flexibility index (Phi) is 8.95. The fourth-order valence-electron chi connectivity index (χ4n) is 3.92. The average molecular weight is 477 g/mol. The molecule has 0 N–H and O–H groups in total. The number of rotatable bonds is 10.